The summed E-state index contributed by atoms with van der Waals surface area (Å²) in [7, 11) is 0. The molecule has 0 aliphatic carbocycles. The van der Waals surface area contributed by atoms with Gasteiger partial charge in [0.2, 0.25) is 5.82 Å². The minimum absolute atomic E-state index is 0.0702. The van der Waals surface area contributed by atoms with Gasteiger partial charge in [0.15, 0.2) is 11.6 Å². The zero-order valence-corrected chi connectivity index (χ0v) is 7.38. The Hall–Kier alpha value is -1.65. The molecular formula is C9H8F2O3. The van der Waals surface area contributed by atoms with Gasteiger partial charge in [-0.25, -0.2) is 9.18 Å². The second-order valence-electron chi connectivity index (χ2n) is 2.48. The summed E-state index contributed by atoms with van der Waals surface area (Å²) in [4.78, 5) is 11.0. The molecular weight excluding hydrogens is 194 g/mol. The number of hydrogen-bond acceptors (Lipinski definition) is 3. The maximum atomic E-state index is 13.0. The molecule has 0 saturated carbocycles. The second kappa shape index (κ2) is 4.04. The highest BCUT2D eigenvalue weighted by molar-refractivity contribution is 5.89. The Bertz CT molecular complexity index is 363. The van der Waals surface area contributed by atoms with E-state index in [9.17, 15) is 13.6 Å². The molecule has 0 bridgehead atoms. The number of rotatable bonds is 2. The molecule has 1 rings (SSSR count). The lowest BCUT2D eigenvalue weighted by atomic mass is 10.2. The van der Waals surface area contributed by atoms with Crippen molar-refractivity contribution < 1.29 is 23.4 Å². The zero-order chi connectivity index (χ0) is 10.7. The molecule has 0 unspecified atom stereocenters. The Morgan fingerprint density at radius 2 is 2.07 bits per heavy atom. The second-order valence-corrected chi connectivity index (χ2v) is 2.48. The van der Waals surface area contributed by atoms with Gasteiger partial charge in [-0.2, -0.15) is 4.39 Å². The minimum atomic E-state index is -1.45. The lowest BCUT2D eigenvalue weighted by Gasteiger charge is -2.04. The standard InChI is InChI=1S/C9H8F2O3/c1-2-14-9(13)5-3-4-6(12)8(11)7(5)10/h3-4,12H,2H2,1H3. The molecule has 76 valence electrons. The number of esters is 1. The van der Waals surface area contributed by atoms with Crippen molar-refractivity contribution >= 4 is 5.97 Å². The molecule has 0 heterocycles. The van der Waals surface area contributed by atoms with Crippen LogP contribution in [0, 0.1) is 11.6 Å². The van der Waals surface area contributed by atoms with Gasteiger partial charge in [0.05, 0.1) is 12.2 Å². The van der Waals surface area contributed by atoms with Gasteiger partial charge in [0.25, 0.3) is 0 Å². The smallest absolute Gasteiger partial charge is 0.341 e. The van der Waals surface area contributed by atoms with Crippen LogP contribution in [-0.4, -0.2) is 17.7 Å². The Kier molecular flexibility index (Phi) is 3.01. The summed E-state index contributed by atoms with van der Waals surface area (Å²) in [5, 5.41) is 8.77. The molecule has 5 heteroatoms. The van der Waals surface area contributed by atoms with E-state index in [0.29, 0.717) is 0 Å². The third-order valence-electron chi connectivity index (χ3n) is 1.56. The molecule has 0 aromatic heterocycles. The summed E-state index contributed by atoms with van der Waals surface area (Å²) in [6, 6.07) is 1.86. The fourth-order valence-electron chi connectivity index (χ4n) is 0.906. The Morgan fingerprint density at radius 1 is 1.43 bits per heavy atom. The number of benzene rings is 1. The Labute approximate surface area is 78.9 Å². The van der Waals surface area contributed by atoms with E-state index in [1.807, 2.05) is 0 Å². The first kappa shape index (κ1) is 10.4. The van der Waals surface area contributed by atoms with Crippen molar-refractivity contribution in [2.24, 2.45) is 0 Å². The van der Waals surface area contributed by atoms with Crippen LogP contribution >= 0.6 is 0 Å². The summed E-state index contributed by atoms with van der Waals surface area (Å²) in [6.07, 6.45) is 0. The van der Waals surface area contributed by atoms with E-state index in [1.165, 1.54) is 0 Å². The van der Waals surface area contributed by atoms with Gasteiger partial charge in [-0.3, -0.25) is 0 Å². The Morgan fingerprint density at radius 3 is 2.64 bits per heavy atom. The van der Waals surface area contributed by atoms with Crippen molar-refractivity contribution in [3.63, 3.8) is 0 Å². The van der Waals surface area contributed by atoms with Crippen molar-refractivity contribution in [2.75, 3.05) is 6.61 Å². The fourth-order valence-corrected chi connectivity index (χ4v) is 0.906. The number of carbonyl (C=O) groups is 1. The summed E-state index contributed by atoms with van der Waals surface area (Å²) >= 11 is 0. The number of ether oxygens (including phenoxy) is 1. The normalized spacial score (nSPS) is 9.93. The number of halogens is 2. The van der Waals surface area contributed by atoms with Crippen molar-refractivity contribution in [1.82, 2.24) is 0 Å². The van der Waals surface area contributed by atoms with Crippen LogP contribution in [0.15, 0.2) is 12.1 Å². The molecule has 0 radical (unpaired) electrons. The van der Waals surface area contributed by atoms with Crippen LogP contribution in [-0.2, 0) is 4.74 Å². The van der Waals surface area contributed by atoms with E-state index in [4.69, 9.17) is 5.11 Å². The molecule has 0 aliphatic heterocycles. The van der Waals surface area contributed by atoms with Crippen LogP contribution in [0.1, 0.15) is 17.3 Å². The molecule has 0 aliphatic rings. The van der Waals surface area contributed by atoms with Gasteiger partial charge in [0, 0.05) is 0 Å². The van der Waals surface area contributed by atoms with E-state index in [-0.39, 0.29) is 6.61 Å². The van der Waals surface area contributed by atoms with Gasteiger partial charge < -0.3 is 9.84 Å². The SMILES string of the molecule is CCOC(=O)c1ccc(O)c(F)c1F. The third-order valence-corrected chi connectivity index (χ3v) is 1.56. The van der Waals surface area contributed by atoms with E-state index in [1.54, 1.807) is 6.92 Å². The molecule has 0 atom stereocenters. The lowest BCUT2D eigenvalue weighted by molar-refractivity contribution is 0.0519. The average Bonchev–Trinajstić information content (AvgIpc) is 2.15. The molecule has 0 fully saturated rings. The summed E-state index contributed by atoms with van der Waals surface area (Å²) in [5.74, 6) is -4.64. The maximum Gasteiger partial charge on any atom is 0.341 e. The van der Waals surface area contributed by atoms with E-state index < -0.39 is 28.9 Å². The zero-order valence-electron chi connectivity index (χ0n) is 7.38. The molecule has 1 N–H and O–H groups in total. The van der Waals surface area contributed by atoms with Crippen LogP contribution in [0.25, 0.3) is 0 Å². The average molecular weight is 202 g/mol. The van der Waals surface area contributed by atoms with Crippen LogP contribution in [0.2, 0.25) is 0 Å². The predicted octanol–water partition coefficient (Wildman–Crippen LogP) is 1.85. The van der Waals surface area contributed by atoms with Crippen LogP contribution in [0.3, 0.4) is 0 Å². The monoisotopic (exact) mass is 202 g/mol. The minimum Gasteiger partial charge on any atom is -0.505 e. The van der Waals surface area contributed by atoms with Gasteiger partial charge in [-0.05, 0) is 19.1 Å². The van der Waals surface area contributed by atoms with Crippen molar-refractivity contribution in [2.45, 2.75) is 6.92 Å². The van der Waals surface area contributed by atoms with Crippen molar-refractivity contribution in [3.05, 3.63) is 29.3 Å². The molecule has 0 spiro atoms. The molecule has 1 aromatic carbocycles. The summed E-state index contributed by atoms with van der Waals surface area (Å²) in [5.41, 5.74) is -0.526. The van der Waals surface area contributed by atoms with Crippen LogP contribution in [0.5, 0.6) is 5.75 Å². The van der Waals surface area contributed by atoms with E-state index in [0.717, 1.165) is 12.1 Å². The van der Waals surface area contributed by atoms with Gasteiger partial charge >= 0.3 is 5.97 Å². The summed E-state index contributed by atoms with van der Waals surface area (Å²) in [6.45, 7) is 1.62. The topological polar surface area (TPSA) is 46.5 Å². The van der Waals surface area contributed by atoms with Gasteiger partial charge in [-0.15, -0.1) is 0 Å². The highest BCUT2D eigenvalue weighted by atomic mass is 19.2. The quantitative estimate of drug-likeness (QED) is 0.744. The first-order valence-corrected chi connectivity index (χ1v) is 3.92. The van der Waals surface area contributed by atoms with Crippen LogP contribution in [0.4, 0.5) is 8.78 Å². The van der Waals surface area contributed by atoms with Crippen LogP contribution < -0.4 is 0 Å². The summed E-state index contributed by atoms with van der Waals surface area (Å²) < 4.78 is 30.2. The lowest BCUT2D eigenvalue weighted by Crippen LogP contribution is -2.08. The molecule has 3 nitrogen and oxygen atoms in total. The predicted molar refractivity (Wildman–Crippen MR) is 44.0 cm³/mol. The number of aromatic hydroxyl groups is 1. The maximum absolute atomic E-state index is 13.0. The molecule has 14 heavy (non-hydrogen) atoms. The van der Waals surface area contributed by atoms with Gasteiger partial charge in [0.1, 0.15) is 0 Å². The van der Waals surface area contributed by atoms with E-state index in [2.05, 4.69) is 4.74 Å². The van der Waals surface area contributed by atoms with E-state index >= 15 is 0 Å². The largest absolute Gasteiger partial charge is 0.505 e. The number of phenolic OH excluding ortho intramolecular Hbond substituents is 1. The number of hydrogen-bond donors (Lipinski definition) is 1. The number of carbonyl (C=O) groups excluding carboxylic acids is 1. The third kappa shape index (κ3) is 1.81. The van der Waals surface area contributed by atoms with Crippen molar-refractivity contribution in [3.8, 4) is 5.75 Å². The van der Waals surface area contributed by atoms with Gasteiger partial charge in [-0.1, -0.05) is 0 Å². The fraction of sp³-hybridized carbons (Fsp3) is 0.222. The molecule has 0 saturated heterocycles. The molecule has 0 amide bonds. The first-order chi connectivity index (χ1) is 6.57. The highest BCUT2D eigenvalue weighted by Crippen LogP contribution is 2.21. The first-order valence-electron chi connectivity index (χ1n) is 3.92. The number of phenols is 1. The van der Waals surface area contributed by atoms with Crippen molar-refractivity contribution in [1.29, 1.82) is 0 Å². The highest BCUT2D eigenvalue weighted by Gasteiger charge is 2.18. The Balaban J connectivity index is 3.11. The molecule has 1 aromatic rings.